The van der Waals surface area contributed by atoms with E-state index >= 15 is 0 Å². The first kappa shape index (κ1) is 22.0. The van der Waals surface area contributed by atoms with Gasteiger partial charge in [0.1, 0.15) is 0 Å². The number of anilines is 2. The van der Waals surface area contributed by atoms with Gasteiger partial charge < -0.3 is 15.2 Å². The van der Waals surface area contributed by atoms with Crippen LogP contribution >= 0.6 is 11.3 Å². The molecule has 1 aromatic heterocycles. The Morgan fingerprint density at radius 3 is 2.56 bits per heavy atom. The Hall–Kier alpha value is -3.82. The van der Waals surface area contributed by atoms with Crippen LogP contribution in [0.15, 0.2) is 83.8 Å². The third kappa shape index (κ3) is 4.23. The molecule has 0 fully saturated rings. The van der Waals surface area contributed by atoms with Crippen molar-refractivity contribution >= 4 is 53.2 Å². The third-order valence-electron chi connectivity index (χ3n) is 5.46. The van der Waals surface area contributed by atoms with Gasteiger partial charge in [0.25, 0.3) is 10.0 Å². The maximum absolute atomic E-state index is 12.9. The van der Waals surface area contributed by atoms with E-state index in [0.29, 0.717) is 28.7 Å². The molecule has 0 amide bonds. The lowest BCUT2D eigenvalue weighted by Crippen LogP contribution is -2.12. The maximum atomic E-state index is 12.9. The highest BCUT2D eigenvalue weighted by molar-refractivity contribution is 7.93. The van der Waals surface area contributed by atoms with Gasteiger partial charge in [-0.05, 0) is 41.8 Å². The van der Waals surface area contributed by atoms with Crippen molar-refractivity contribution in [3.05, 3.63) is 84.4 Å². The summed E-state index contributed by atoms with van der Waals surface area (Å²) in [5.74, 6) is 0.471. The molecular weight excluding hydrogens is 470 g/mol. The van der Waals surface area contributed by atoms with Crippen LogP contribution in [0.2, 0.25) is 0 Å². The fraction of sp³-hybridized carbons (Fsp3) is 0.0800. The lowest BCUT2D eigenvalue weighted by Gasteiger charge is -2.11. The van der Waals surface area contributed by atoms with E-state index in [0.717, 1.165) is 21.0 Å². The number of nitrogens with zero attached hydrogens (tertiary/aromatic N) is 1. The van der Waals surface area contributed by atoms with Gasteiger partial charge in [0.2, 0.25) is 0 Å². The SMILES string of the molecule is COc1cccc(CNc2ccc(S(=O)(=O)Nc3nc4c(ccc5ccccc54)s3)cc2)c1O. The number of sulfonamides is 1. The molecule has 0 radical (unpaired) electrons. The Morgan fingerprint density at radius 2 is 1.76 bits per heavy atom. The van der Waals surface area contributed by atoms with E-state index in [1.165, 1.54) is 30.6 Å². The Bertz CT molecular complexity index is 1600. The zero-order valence-corrected chi connectivity index (χ0v) is 19.8. The molecule has 7 nitrogen and oxygen atoms in total. The smallest absolute Gasteiger partial charge is 0.263 e. The monoisotopic (exact) mass is 491 g/mol. The molecule has 172 valence electrons. The van der Waals surface area contributed by atoms with Crippen molar-refractivity contribution in [2.45, 2.75) is 11.4 Å². The number of ether oxygens (including phenoxy) is 1. The van der Waals surface area contributed by atoms with E-state index in [9.17, 15) is 13.5 Å². The molecule has 0 aliphatic heterocycles. The highest BCUT2D eigenvalue weighted by atomic mass is 32.2. The summed E-state index contributed by atoms with van der Waals surface area (Å²) in [4.78, 5) is 4.67. The van der Waals surface area contributed by atoms with Crippen LogP contribution in [0.4, 0.5) is 10.8 Å². The lowest BCUT2D eigenvalue weighted by molar-refractivity contribution is 0.371. The van der Waals surface area contributed by atoms with Crippen molar-refractivity contribution in [1.82, 2.24) is 4.98 Å². The molecule has 5 aromatic rings. The quantitative estimate of drug-likeness (QED) is 0.275. The van der Waals surface area contributed by atoms with Gasteiger partial charge in [-0.25, -0.2) is 13.4 Å². The summed E-state index contributed by atoms with van der Waals surface area (Å²) in [7, 11) is -2.30. The van der Waals surface area contributed by atoms with Gasteiger partial charge in [-0.3, -0.25) is 4.72 Å². The first-order valence-corrected chi connectivity index (χ1v) is 12.7. The van der Waals surface area contributed by atoms with Crippen LogP contribution in [-0.2, 0) is 16.6 Å². The Balaban J connectivity index is 1.32. The number of fused-ring (bicyclic) bond motifs is 3. The second kappa shape index (κ2) is 8.85. The predicted octanol–water partition coefficient (Wildman–Crippen LogP) is 5.58. The van der Waals surface area contributed by atoms with E-state index in [4.69, 9.17) is 4.74 Å². The van der Waals surface area contributed by atoms with Crippen molar-refractivity contribution in [3.63, 3.8) is 0 Å². The summed E-state index contributed by atoms with van der Waals surface area (Å²) in [5, 5.41) is 15.7. The molecule has 5 rings (SSSR count). The molecule has 4 aromatic carbocycles. The minimum Gasteiger partial charge on any atom is -0.504 e. The van der Waals surface area contributed by atoms with Crippen molar-refractivity contribution in [2.75, 3.05) is 17.1 Å². The summed E-state index contributed by atoms with van der Waals surface area (Å²) in [6.45, 7) is 0.354. The Labute approximate surface area is 200 Å². The van der Waals surface area contributed by atoms with Gasteiger partial charge >= 0.3 is 0 Å². The van der Waals surface area contributed by atoms with Crippen molar-refractivity contribution < 1.29 is 18.3 Å². The van der Waals surface area contributed by atoms with Crippen molar-refractivity contribution in [3.8, 4) is 11.5 Å². The number of methoxy groups -OCH3 is 1. The highest BCUT2D eigenvalue weighted by Crippen LogP contribution is 2.33. The summed E-state index contributed by atoms with van der Waals surface area (Å²) in [5.41, 5.74) is 2.16. The zero-order valence-electron chi connectivity index (χ0n) is 18.1. The molecular formula is C25H21N3O4S2. The average molecular weight is 492 g/mol. The summed E-state index contributed by atoms with van der Waals surface area (Å²) < 4.78 is 34.5. The van der Waals surface area contributed by atoms with Crippen LogP contribution in [0.5, 0.6) is 11.5 Å². The van der Waals surface area contributed by atoms with Gasteiger partial charge in [-0.15, -0.1) is 0 Å². The van der Waals surface area contributed by atoms with E-state index in [1.807, 2.05) is 36.4 Å². The number of hydrogen-bond acceptors (Lipinski definition) is 7. The maximum Gasteiger partial charge on any atom is 0.263 e. The molecule has 0 spiro atoms. The first-order chi connectivity index (χ1) is 16.4. The molecule has 34 heavy (non-hydrogen) atoms. The van der Waals surface area contributed by atoms with Gasteiger partial charge in [0, 0.05) is 23.2 Å². The Kier molecular flexibility index (Phi) is 5.72. The largest absolute Gasteiger partial charge is 0.504 e. The number of phenolic OH excluding ortho intramolecular Hbond substituents is 1. The number of benzene rings is 4. The fourth-order valence-electron chi connectivity index (χ4n) is 3.70. The number of aromatic hydroxyl groups is 1. The number of nitrogens with one attached hydrogen (secondary N) is 2. The fourth-order valence-corrected chi connectivity index (χ4v) is 5.82. The summed E-state index contributed by atoms with van der Waals surface area (Å²) in [6, 6.07) is 23.5. The molecule has 0 atom stereocenters. The number of rotatable bonds is 7. The van der Waals surface area contributed by atoms with Crippen LogP contribution in [0.3, 0.4) is 0 Å². The van der Waals surface area contributed by atoms with E-state index < -0.39 is 10.0 Å². The number of thiazole rings is 1. The van der Waals surface area contributed by atoms with Crippen LogP contribution in [0.25, 0.3) is 21.0 Å². The van der Waals surface area contributed by atoms with Crippen LogP contribution in [0, 0.1) is 0 Å². The molecule has 0 aliphatic rings. The highest BCUT2D eigenvalue weighted by Gasteiger charge is 2.17. The molecule has 9 heteroatoms. The molecule has 3 N–H and O–H groups in total. The zero-order chi connectivity index (χ0) is 23.7. The second-order valence-electron chi connectivity index (χ2n) is 7.60. The van der Waals surface area contributed by atoms with Crippen LogP contribution in [0.1, 0.15) is 5.56 Å². The molecule has 0 unspecified atom stereocenters. The molecule has 1 heterocycles. The number of aromatic nitrogens is 1. The third-order valence-corrected chi connectivity index (χ3v) is 7.88. The topological polar surface area (TPSA) is 101 Å². The minimum absolute atomic E-state index is 0.0736. The van der Waals surface area contributed by atoms with Crippen molar-refractivity contribution in [1.29, 1.82) is 0 Å². The number of para-hydroxylation sites is 1. The van der Waals surface area contributed by atoms with Crippen LogP contribution < -0.4 is 14.8 Å². The second-order valence-corrected chi connectivity index (χ2v) is 10.3. The van der Waals surface area contributed by atoms with Crippen molar-refractivity contribution in [2.24, 2.45) is 0 Å². The number of hydrogen-bond donors (Lipinski definition) is 3. The van der Waals surface area contributed by atoms with E-state index in [-0.39, 0.29) is 10.6 Å². The molecule has 0 aliphatic carbocycles. The first-order valence-electron chi connectivity index (χ1n) is 10.4. The standard InChI is InChI=1S/C25H21N3O4S2/c1-32-21-8-4-6-17(24(21)29)15-26-18-10-12-19(13-11-18)34(30,31)28-25-27-23-20-7-3-2-5-16(20)9-14-22(23)33-25/h2-14,26,29H,15H2,1H3,(H,27,28). The van der Waals surface area contributed by atoms with Gasteiger partial charge in [-0.2, -0.15) is 0 Å². The minimum atomic E-state index is -3.80. The average Bonchev–Trinajstić information content (AvgIpc) is 3.26. The van der Waals surface area contributed by atoms with Gasteiger partial charge in [0.05, 0.1) is 22.2 Å². The summed E-state index contributed by atoms with van der Waals surface area (Å²) in [6.07, 6.45) is 0. The molecule has 0 saturated heterocycles. The summed E-state index contributed by atoms with van der Waals surface area (Å²) >= 11 is 1.30. The van der Waals surface area contributed by atoms with Gasteiger partial charge in [0.15, 0.2) is 16.6 Å². The predicted molar refractivity (Wildman–Crippen MR) is 136 cm³/mol. The molecule has 0 bridgehead atoms. The van der Waals surface area contributed by atoms with E-state index in [1.54, 1.807) is 30.3 Å². The normalized spacial score (nSPS) is 11.6. The number of phenols is 1. The lowest BCUT2D eigenvalue weighted by atomic mass is 10.1. The van der Waals surface area contributed by atoms with Gasteiger partial charge in [-0.1, -0.05) is 53.8 Å². The molecule has 0 saturated carbocycles. The van der Waals surface area contributed by atoms with Crippen LogP contribution in [-0.4, -0.2) is 25.6 Å². The Morgan fingerprint density at radius 1 is 0.971 bits per heavy atom. The van der Waals surface area contributed by atoms with E-state index in [2.05, 4.69) is 15.0 Å².